The number of amides is 1. The van der Waals surface area contributed by atoms with Gasteiger partial charge in [0, 0.05) is 12.7 Å². The molecular formula is C19H22N2O2. The van der Waals surface area contributed by atoms with E-state index < -0.39 is 0 Å². The highest BCUT2D eigenvalue weighted by Crippen LogP contribution is 2.24. The fourth-order valence-electron chi connectivity index (χ4n) is 2.02. The number of rotatable bonds is 7. The van der Waals surface area contributed by atoms with Crippen LogP contribution in [0.2, 0.25) is 0 Å². The fraction of sp³-hybridized carbons (Fsp3) is 0.211. The van der Waals surface area contributed by atoms with Crippen LogP contribution in [0.4, 0.5) is 11.4 Å². The molecule has 0 fully saturated rings. The predicted octanol–water partition coefficient (Wildman–Crippen LogP) is 3.72. The molecule has 0 aliphatic rings. The lowest BCUT2D eigenvalue weighted by Crippen LogP contribution is -2.32. The van der Waals surface area contributed by atoms with Crippen molar-refractivity contribution in [3.05, 3.63) is 66.7 Å². The summed E-state index contributed by atoms with van der Waals surface area (Å²) in [5.74, 6) is 0.691. The van der Waals surface area contributed by atoms with E-state index in [9.17, 15) is 4.79 Å². The molecule has 0 bridgehead atoms. The van der Waals surface area contributed by atoms with Crippen molar-refractivity contribution in [2.24, 2.45) is 0 Å². The summed E-state index contributed by atoms with van der Waals surface area (Å²) in [6.07, 6.45) is 0. The second-order valence-corrected chi connectivity index (χ2v) is 5.38. The summed E-state index contributed by atoms with van der Waals surface area (Å²) in [5.41, 5.74) is 2.61. The third-order valence-electron chi connectivity index (χ3n) is 3.31. The maximum atomic E-state index is 12.3. The maximum absolute atomic E-state index is 12.3. The largest absolute Gasteiger partial charge is 0.487 e. The monoisotopic (exact) mass is 310 g/mol. The highest BCUT2D eigenvalue weighted by molar-refractivity contribution is 5.95. The van der Waals surface area contributed by atoms with Crippen molar-refractivity contribution >= 4 is 17.3 Å². The number of nitrogens with one attached hydrogen (secondary N) is 1. The molecule has 120 valence electrons. The summed E-state index contributed by atoms with van der Waals surface area (Å²) in [7, 11) is 1.77. The van der Waals surface area contributed by atoms with Gasteiger partial charge in [-0.25, -0.2) is 0 Å². The van der Waals surface area contributed by atoms with Gasteiger partial charge >= 0.3 is 0 Å². The highest BCUT2D eigenvalue weighted by Gasteiger charge is 2.11. The molecule has 0 aromatic heterocycles. The zero-order valence-electron chi connectivity index (χ0n) is 13.6. The number of likely N-dealkylation sites (N-methyl/N-ethyl adjacent to an activating group) is 1. The number of para-hydroxylation sites is 3. The lowest BCUT2D eigenvalue weighted by Gasteiger charge is -2.19. The van der Waals surface area contributed by atoms with E-state index in [1.54, 1.807) is 11.9 Å². The molecule has 0 aliphatic heterocycles. The molecule has 2 aromatic carbocycles. The van der Waals surface area contributed by atoms with Gasteiger partial charge in [0.2, 0.25) is 5.91 Å². The van der Waals surface area contributed by atoms with Gasteiger partial charge in [0.05, 0.1) is 12.2 Å². The molecule has 1 N–H and O–H groups in total. The van der Waals surface area contributed by atoms with Gasteiger partial charge in [-0.1, -0.05) is 36.9 Å². The Hall–Kier alpha value is -2.75. The third kappa shape index (κ3) is 4.88. The van der Waals surface area contributed by atoms with Gasteiger partial charge in [0.15, 0.2) is 0 Å². The van der Waals surface area contributed by atoms with Crippen molar-refractivity contribution in [2.75, 3.05) is 30.4 Å². The average molecular weight is 310 g/mol. The molecule has 0 aliphatic carbocycles. The van der Waals surface area contributed by atoms with E-state index in [1.807, 2.05) is 61.5 Å². The Kier molecular flexibility index (Phi) is 5.80. The van der Waals surface area contributed by atoms with Crippen LogP contribution in [0.15, 0.2) is 66.7 Å². The minimum Gasteiger partial charge on any atom is -0.487 e. The summed E-state index contributed by atoms with van der Waals surface area (Å²) < 4.78 is 5.69. The summed E-state index contributed by atoms with van der Waals surface area (Å²) in [4.78, 5) is 13.9. The van der Waals surface area contributed by atoms with Gasteiger partial charge in [-0.05, 0) is 36.8 Å². The molecule has 4 nitrogen and oxygen atoms in total. The van der Waals surface area contributed by atoms with Crippen LogP contribution < -0.4 is 15.0 Å². The van der Waals surface area contributed by atoms with Gasteiger partial charge in [0.25, 0.3) is 0 Å². The number of carbonyl (C=O) groups excluding carboxylic acids is 1. The first-order valence-electron chi connectivity index (χ1n) is 7.49. The van der Waals surface area contributed by atoms with Crippen LogP contribution in [0.3, 0.4) is 0 Å². The third-order valence-corrected chi connectivity index (χ3v) is 3.31. The van der Waals surface area contributed by atoms with Crippen molar-refractivity contribution in [1.29, 1.82) is 0 Å². The zero-order valence-corrected chi connectivity index (χ0v) is 13.6. The lowest BCUT2D eigenvalue weighted by molar-refractivity contribution is -0.116. The lowest BCUT2D eigenvalue weighted by atomic mass is 10.2. The second kappa shape index (κ2) is 8.03. The topological polar surface area (TPSA) is 41.6 Å². The van der Waals surface area contributed by atoms with Gasteiger partial charge < -0.3 is 15.0 Å². The number of anilines is 2. The number of benzene rings is 2. The summed E-state index contributed by atoms with van der Waals surface area (Å²) in [6.45, 7) is 6.38. The Balaban J connectivity index is 1.97. The van der Waals surface area contributed by atoms with Crippen molar-refractivity contribution in [1.82, 2.24) is 0 Å². The summed E-state index contributed by atoms with van der Waals surface area (Å²) >= 11 is 0. The van der Waals surface area contributed by atoms with Crippen molar-refractivity contribution in [3.8, 4) is 5.75 Å². The van der Waals surface area contributed by atoms with Crippen LogP contribution in [0.25, 0.3) is 0 Å². The molecule has 1 amide bonds. The maximum Gasteiger partial charge on any atom is 0.246 e. The molecule has 0 unspecified atom stereocenters. The highest BCUT2D eigenvalue weighted by atomic mass is 16.5. The zero-order chi connectivity index (χ0) is 16.7. The number of hydrogen-bond donors (Lipinski definition) is 1. The Morgan fingerprint density at radius 2 is 1.78 bits per heavy atom. The standard InChI is InChI=1S/C19H22N2O2/c1-15(2)14-23-18-12-8-7-11-17(18)20-13-19(22)21(3)16-9-5-4-6-10-16/h4-12,20H,1,13-14H2,2-3H3. The Labute approximate surface area is 137 Å². The second-order valence-electron chi connectivity index (χ2n) is 5.38. The normalized spacial score (nSPS) is 10.0. The summed E-state index contributed by atoms with van der Waals surface area (Å²) in [5, 5.41) is 3.14. The van der Waals surface area contributed by atoms with Crippen molar-refractivity contribution < 1.29 is 9.53 Å². The van der Waals surface area contributed by atoms with Crippen LogP contribution >= 0.6 is 0 Å². The van der Waals surface area contributed by atoms with E-state index in [4.69, 9.17) is 4.74 Å². The van der Waals surface area contributed by atoms with Crippen molar-refractivity contribution in [3.63, 3.8) is 0 Å². The quantitative estimate of drug-likeness (QED) is 0.793. The van der Waals surface area contributed by atoms with E-state index in [2.05, 4.69) is 11.9 Å². The Morgan fingerprint density at radius 1 is 1.13 bits per heavy atom. The van der Waals surface area contributed by atoms with Crippen molar-refractivity contribution in [2.45, 2.75) is 6.92 Å². The number of ether oxygens (including phenoxy) is 1. The molecule has 0 heterocycles. The molecule has 0 radical (unpaired) electrons. The molecule has 0 saturated carbocycles. The van der Waals surface area contributed by atoms with E-state index in [0.717, 1.165) is 16.9 Å². The molecule has 4 heteroatoms. The minimum atomic E-state index is -0.0223. The number of hydrogen-bond acceptors (Lipinski definition) is 3. The molecule has 2 aromatic rings. The van der Waals surface area contributed by atoms with Gasteiger partial charge in [-0.15, -0.1) is 0 Å². The Morgan fingerprint density at radius 3 is 2.48 bits per heavy atom. The van der Waals surface area contributed by atoms with E-state index in [-0.39, 0.29) is 12.5 Å². The number of nitrogens with zero attached hydrogens (tertiary/aromatic N) is 1. The van der Waals surface area contributed by atoms with Crippen LogP contribution in [0, 0.1) is 0 Å². The first kappa shape index (κ1) is 16.6. The van der Waals surface area contributed by atoms with Crippen LogP contribution in [0.5, 0.6) is 5.75 Å². The summed E-state index contributed by atoms with van der Waals surface area (Å²) in [6, 6.07) is 17.1. The smallest absolute Gasteiger partial charge is 0.246 e. The SMILES string of the molecule is C=C(C)COc1ccccc1NCC(=O)N(C)c1ccccc1. The van der Waals surface area contributed by atoms with Crippen LogP contribution in [-0.2, 0) is 4.79 Å². The molecule has 0 atom stereocenters. The number of carbonyl (C=O) groups is 1. The molecule has 0 spiro atoms. The minimum absolute atomic E-state index is 0.0223. The van der Waals surface area contributed by atoms with E-state index in [0.29, 0.717) is 12.4 Å². The molecule has 0 saturated heterocycles. The predicted molar refractivity (Wildman–Crippen MR) is 95.1 cm³/mol. The van der Waals surface area contributed by atoms with Crippen LogP contribution in [0.1, 0.15) is 6.92 Å². The van der Waals surface area contributed by atoms with Gasteiger partial charge in [0.1, 0.15) is 12.4 Å². The average Bonchev–Trinajstić information content (AvgIpc) is 2.58. The van der Waals surface area contributed by atoms with Gasteiger partial charge in [-0.2, -0.15) is 0 Å². The first-order chi connectivity index (χ1) is 11.1. The molecule has 23 heavy (non-hydrogen) atoms. The van der Waals surface area contributed by atoms with Crippen LogP contribution in [-0.4, -0.2) is 26.1 Å². The van der Waals surface area contributed by atoms with E-state index in [1.165, 1.54) is 0 Å². The molecule has 2 rings (SSSR count). The van der Waals surface area contributed by atoms with Gasteiger partial charge in [-0.3, -0.25) is 4.79 Å². The molecular weight excluding hydrogens is 288 g/mol. The van der Waals surface area contributed by atoms with E-state index >= 15 is 0 Å². The fourth-order valence-corrected chi connectivity index (χ4v) is 2.02. The first-order valence-corrected chi connectivity index (χ1v) is 7.49. The Bertz CT molecular complexity index is 668.